The van der Waals surface area contributed by atoms with Gasteiger partial charge in [-0.15, -0.1) is 0 Å². The maximum atomic E-state index is 6.15. The molecule has 1 fully saturated rings. The lowest BCUT2D eigenvalue weighted by Gasteiger charge is -2.27. The summed E-state index contributed by atoms with van der Waals surface area (Å²) in [5, 5.41) is 0. The van der Waals surface area contributed by atoms with Crippen molar-refractivity contribution in [2.45, 2.75) is 18.9 Å². The molecule has 1 unspecified atom stereocenters. The van der Waals surface area contributed by atoms with Crippen LogP contribution >= 0.6 is 0 Å². The molecular formula is C11H16N2O. The smallest absolute Gasteiger partial charge is 0.0573 e. The van der Waals surface area contributed by atoms with Gasteiger partial charge in [0.05, 0.1) is 5.69 Å². The standard InChI is InChI=1S/C11H16N2O/c12-11(9-4-7-14-8-5-9)10-3-1-2-6-13-10/h1-3,6,9,11H,4-5,7-8,12H2. The van der Waals surface area contributed by atoms with Crippen LogP contribution in [-0.2, 0) is 4.74 Å². The Bertz CT molecular complexity index is 270. The summed E-state index contributed by atoms with van der Waals surface area (Å²) in [5.41, 5.74) is 7.15. The van der Waals surface area contributed by atoms with Crippen LogP contribution in [0.4, 0.5) is 0 Å². The fraction of sp³-hybridized carbons (Fsp3) is 0.545. The van der Waals surface area contributed by atoms with Crippen molar-refractivity contribution in [1.82, 2.24) is 4.98 Å². The largest absolute Gasteiger partial charge is 0.381 e. The van der Waals surface area contributed by atoms with Crippen LogP contribution in [-0.4, -0.2) is 18.2 Å². The number of hydrogen-bond donors (Lipinski definition) is 1. The number of nitrogens with two attached hydrogens (primary N) is 1. The first-order chi connectivity index (χ1) is 6.88. The molecule has 1 aromatic rings. The summed E-state index contributed by atoms with van der Waals surface area (Å²) in [5.74, 6) is 0.527. The fourth-order valence-electron chi connectivity index (χ4n) is 1.89. The summed E-state index contributed by atoms with van der Waals surface area (Å²) in [6, 6.07) is 5.97. The van der Waals surface area contributed by atoms with Gasteiger partial charge in [-0.25, -0.2) is 0 Å². The van der Waals surface area contributed by atoms with Crippen LogP contribution in [0, 0.1) is 5.92 Å². The summed E-state index contributed by atoms with van der Waals surface area (Å²) in [6.45, 7) is 1.68. The molecule has 2 rings (SSSR count). The minimum absolute atomic E-state index is 0.0695. The molecule has 2 N–H and O–H groups in total. The lowest BCUT2D eigenvalue weighted by atomic mass is 9.90. The topological polar surface area (TPSA) is 48.1 Å². The molecule has 14 heavy (non-hydrogen) atoms. The zero-order valence-corrected chi connectivity index (χ0v) is 8.23. The third-order valence-electron chi connectivity index (χ3n) is 2.80. The summed E-state index contributed by atoms with van der Waals surface area (Å²) in [7, 11) is 0. The Labute approximate surface area is 84.3 Å². The van der Waals surface area contributed by atoms with Gasteiger partial charge in [-0.2, -0.15) is 0 Å². The zero-order chi connectivity index (χ0) is 9.80. The average molecular weight is 192 g/mol. The van der Waals surface area contributed by atoms with Crippen molar-refractivity contribution < 1.29 is 4.74 Å². The fourth-order valence-corrected chi connectivity index (χ4v) is 1.89. The second kappa shape index (κ2) is 4.53. The highest BCUT2D eigenvalue weighted by Crippen LogP contribution is 2.26. The molecule has 0 aliphatic carbocycles. The average Bonchev–Trinajstić information content (AvgIpc) is 2.30. The minimum atomic E-state index is 0.0695. The van der Waals surface area contributed by atoms with E-state index in [0.717, 1.165) is 31.7 Å². The molecule has 1 aromatic heterocycles. The van der Waals surface area contributed by atoms with E-state index in [1.165, 1.54) is 0 Å². The van der Waals surface area contributed by atoms with Gasteiger partial charge in [0, 0.05) is 25.5 Å². The van der Waals surface area contributed by atoms with Gasteiger partial charge in [-0.05, 0) is 30.9 Å². The van der Waals surface area contributed by atoms with E-state index < -0.39 is 0 Å². The highest BCUT2D eigenvalue weighted by Gasteiger charge is 2.22. The van der Waals surface area contributed by atoms with Gasteiger partial charge in [0.1, 0.15) is 0 Å². The summed E-state index contributed by atoms with van der Waals surface area (Å²) >= 11 is 0. The van der Waals surface area contributed by atoms with E-state index in [1.807, 2.05) is 18.2 Å². The SMILES string of the molecule is NC(c1ccccn1)C1CCOCC1. The Morgan fingerprint density at radius 1 is 1.36 bits per heavy atom. The van der Waals surface area contributed by atoms with Crippen molar-refractivity contribution in [3.63, 3.8) is 0 Å². The van der Waals surface area contributed by atoms with E-state index >= 15 is 0 Å². The lowest BCUT2D eigenvalue weighted by molar-refractivity contribution is 0.0579. The minimum Gasteiger partial charge on any atom is -0.381 e. The lowest BCUT2D eigenvalue weighted by Crippen LogP contribution is -2.27. The summed E-state index contributed by atoms with van der Waals surface area (Å²) in [6.07, 6.45) is 3.91. The van der Waals surface area contributed by atoms with Crippen molar-refractivity contribution in [1.29, 1.82) is 0 Å². The number of ether oxygens (including phenoxy) is 1. The van der Waals surface area contributed by atoms with Crippen molar-refractivity contribution >= 4 is 0 Å². The molecule has 0 radical (unpaired) electrons. The molecule has 0 bridgehead atoms. The first kappa shape index (κ1) is 9.62. The van der Waals surface area contributed by atoms with Gasteiger partial charge in [-0.3, -0.25) is 4.98 Å². The molecule has 3 nitrogen and oxygen atoms in total. The van der Waals surface area contributed by atoms with Crippen LogP contribution in [0.15, 0.2) is 24.4 Å². The molecule has 0 spiro atoms. The van der Waals surface area contributed by atoms with E-state index in [2.05, 4.69) is 4.98 Å². The van der Waals surface area contributed by atoms with Crippen molar-refractivity contribution in [2.75, 3.05) is 13.2 Å². The second-order valence-electron chi connectivity index (χ2n) is 3.73. The first-order valence-corrected chi connectivity index (χ1v) is 5.12. The van der Waals surface area contributed by atoms with Gasteiger partial charge < -0.3 is 10.5 Å². The molecular weight excluding hydrogens is 176 g/mol. The van der Waals surface area contributed by atoms with Crippen LogP contribution in [0.1, 0.15) is 24.6 Å². The third-order valence-corrected chi connectivity index (χ3v) is 2.80. The highest BCUT2D eigenvalue weighted by atomic mass is 16.5. The van der Waals surface area contributed by atoms with Crippen molar-refractivity contribution in [3.8, 4) is 0 Å². The Hall–Kier alpha value is -0.930. The van der Waals surface area contributed by atoms with Gasteiger partial charge in [0.2, 0.25) is 0 Å². The highest BCUT2D eigenvalue weighted by molar-refractivity contribution is 5.09. The Morgan fingerprint density at radius 3 is 2.79 bits per heavy atom. The number of nitrogens with zero attached hydrogens (tertiary/aromatic N) is 1. The van der Waals surface area contributed by atoms with Crippen LogP contribution in [0.25, 0.3) is 0 Å². The summed E-state index contributed by atoms with van der Waals surface area (Å²) in [4.78, 5) is 4.29. The molecule has 1 aliphatic rings. The number of pyridine rings is 1. The maximum absolute atomic E-state index is 6.15. The monoisotopic (exact) mass is 192 g/mol. The quantitative estimate of drug-likeness (QED) is 0.772. The Morgan fingerprint density at radius 2 is 2.14 bits per heavy atom. The first-order valence-electron chi connectivity index (χ1n) is 5.12. The normalized spacial score (nSPS) is 20.6. The molecule has 0 saturated carbocycles. The molecule has 2 heterocycles. The predicted molar refractivity (Wildman–Crippen MR) is 54.7 cm³/mol. The molecule has 0 aromatic carbocycles. The van der Waals surface area contributed by atoms with Gasteiger partial charge in [-0.1, -0.05) is 6.07 Å². The molecule has 1 atom stereocenters. The summed E-state index contributed by atoms with van der Waals surface area (Å²) < 4.78 is 5.31. The predicted octanol–water partition coefficient (Wildman–Crippen LogP) is 1.51. The zero-order valence-electron chi connectivity index (χ0n) is 8.23. The van der Waals surface area contributed by atoms with Crippen LogP contribution < -0.4 is 5.73 Å². The van der Waals surface area contributed by atoms with E-state index in [-0.39, 0.29) is 6.04 Å². The maximum Gasteiger partial charge on any atom is 0.0573 e. The van der Waals surface area contributed by atoms with Gasteiger partial charge >= 0.3 is 0 Å². The van der Waals surface area contributed by atoms with E-state index in [1.54, 1.807) is 6.20 Å². The number of hydrogen-bond acceptors (Lipinski definition) is 3. The molecule has 1 aliphatic heterocycles. The second-order valence-corrected chi connectivity index (χ2v) is 3.73. The molecule has 3 heteroatoms. The molecule has 0 amide bonds. The number of aromatic nitrogens is 1. The van der Waals surface area contributed by atoms with E-state index in [9.17, 15) is 0 Å². The third kappa shape index (κ3) is 2.11. The molecule has 1 saturated heterocycles. The molecule has 76 valence electrons. The van der Waals surface area contributed by atoms with Crippen LogP contribution in [0.2, 0.25) is 0 Å². The van der Waals surface area contributed by atoms with Gasteiger partial charge in [0.25, 0.3) is 0 Å². The van der Waals surface area contributed by atoms with E-state index in [0.29, 0.717) is 5.92 Å². The van der Waals surface area contributed by atoms with Gasteiger partial charge in [0.15, 0.2) is 0 Å². The van der Waals surface area contributed by atoms with Crippen LogP contribution in [0.3, 0.4) is 0 Å². The number of rotatable bonds is 2. The Kier molecular flexibility index (Phi) is 3.11. The van der Waals surface area contributed by atoms with E-state index in [4.69, 9.17) is 10.5 Å². The Balaban J connectivity index is 2.03. The van der Waals surface area contributed by atoms with Crippen molar-refractivity contribution in [3.05, 3.63) is 30.1 Å². The van der Waals surface area contributed by atoms with Crippen LogP contribution in [0.5, 0.6) is 0 Å². The van der Waals surface area contributed by atoms with Crippen molar-refractivity contribution in [2.24, 2.45) is 11.7 Å².